The summed E-state index contributed by atoms with van der Waals surface area (Å²) in [5.41, 5.74) is 4.40. The molecule has 0 aliphatic heterocycles. The zero-order chi connectivity index (χ0) is 18.3. The van der Waals surface area contributed by atoms with Crippen LogP contribution in [-0.4, -0.2) is 15.3 Å². The molecule has 0 amide bonds. The number of thiophene rings is 1. The quantitative estimate of drug-likeness (QED) is 0.349. The van der Waals surface area contributed by atoms with Gasteiger partial charge in [0.2, 0.25) is 0 Å². The SMILES string of the molecule is C=C(C)CSc1nc2sc3c(c2c(=O)n1-c1ccccc1C)CCCC3. The summed E-state index contributed by atoms with van der Waals surface area (Å²) in [6.07, 6.45) is 4.45. The van der Waals surface area contributed by atoms with E-state index in [1.807, 2.05) is 42.7 Å². The van der Waals surface area contributed by atoms with Gasteiger partial charge in [0.15, 0.2) is 5.16 Å². The van der Waals surface area contributed by atoms with E-state index in [9.17, 15) is 4.79 Å². The van der Waals surface area contributed by atoms with Gasteiger partial charge >= 0.3 is 0 Å². The molecule has 4 rings (SSSR count). The molecule has 2 aromatic heterocycles. The molecule has 2 heterocycles. The molecule has 0 N–H and O–H groups in total. The molecular formula is C21H22N2OS2. The van der Waals surface area contributed by atoms with Crippen LogP contribution in [0.25, 0.3) is 15.9 Å². The summed E-state index contributed by atoms with van der Waals surface area (Å²) in [6.45, 7) is 8.04. The maximum absolute atomic E-state index is 13.6. The Bertz CT molecular complexity index is 1060. The molecule has 134 valence electrons. The van der Waals surface area contributed by atoms with Gasteiger partial charge in [0.05, 0.1) is 11.1 Å². The number of para-hydroxylation sites is 1. The second-order valence-corrected chi connectivity index (χ2v) is 8.98. The van der Waals surface area contributed by atoms with Gasteiger partial charge in [-0.15, -0.1) is 11.3 Å². The molecule has 3 aromatic rings. The number of hydrogen-bond acceptors (Lipinski definition) is 4. The third kappa shape index (κ3) is 3.03. The van der Waals surface area contributed by atoms with Gasteiger partial charge in [-0.3, -0.25) is 9.36 Å². The highest BCUT2D eigenvalue weighted by Crippen LogP contribution is 2.35. The van der Waals surface area contributed by atoms with Crippen LogP contribution in [0.5, 0.6) is 0 Å². The largest absolute Gasteiger partial charge is 0.268 e. The van der Waals surface area contributed by atoms with Crippen molar-refractivity contribution in [1.82, 2.24) is 9.55 Å². The predicted octanol–water partition coefficient (Wildman–Crippen LogP) is 5.30. The van der Waals surface area contributed by atoms with Crippen LogP contribution in [0, 0.1) is 6.92 Å². The highest BCUT2D eigenvalue weighted by molar-refractivity contribution is 7.99. The molecule has 0 radical (unpaired) electrons. The molecule has 1 aliphatic rings. The van der Waals surface area contributed by atoms with E-state index >= 15 is 0 Å². The molecule has 0 fully saturated rings. The third-order valence-electron chi connectivity index (χ3n) is 4.76. The Morgan fingerprint density at radius 1 is 1.31 bits per heavy atom. The first-order chi connectivity index (χ1) is 12.6. The molecular weight excluding hydrogens is 360 g/mol. The van der Waals surface area contributed by atoms with Gasteiger partial charge in [0, 0.05) is 10.6 Å². The minimum Gasteiger partial charge on any atom is -0.268 e. The molecule has 3 nitrogen and oxygen atoms in total. The van der Waals surface area contributed by atoms with Crippen LogP contribution in [0.2, 0.25) is 0 Å². The average molecular weight is 383 g/mol. The fourth-order valence-corrected chi connectivity index (χ4v) is 5.65. The minimum atomic E-state index is 0.0768. The number of aromatic nitrogens is 2. The summed E-state index contributed by atoms with van der Waals surface area (Å²) in [7, 11) is 0. The van der Waals surface area contributed by atoms with Crippen LogP contribution in [0.4, 0.5) is 0 Å². The molecule has 0 atom stereocenters. The lowest BCUT2D eigenvalue weighted by molar-refractivity contribution is 0.699. The molecule has 26 heavy (non-hydrogen) atoms. The molecule has 0 spiro atoms. The second-order valence-electron chi connectivity index (χ2n) is 6.96. The van der Waals surface area contributed by atoms with Gasteiger partial charge in [-0.1, -0.05) is 42.1 Å². The van der Waals surface area contributed by atoms with E-state index in [0.717, 1.165) is 57.2 Å². The van der Waals surface area contributed by atoms with Crippen molar-refractivity contribution < 1.29 is 0 Å². The van der Waals surface area contributed by atoms with E-state index in [1.165, 1.54) is 16.9 Å². The normalized spacial score (nSPS) is 13.8. The molecule has 1 aliphatic carbocycles. The summed E-state index contributed by atoms with van der Waals surface area (Å²) < 4.78 is 1.81. The molecule has 0 saturated heterocycles. The number of fused-ring (bicyclic) bond motifs is 3. The Labute approximate surface area is 161 Å². The van der Waals surface area contributed by atoms with E-state index in [-0.39, 0.29) is 5.56 Å². The maximum Gasteiger partial charge on any atom is 0.267 e. The van der Waals surface area contributed by atoms with Crippen molar-refractivity contribution in [2.24, 2.45) is 0 Å². The first kappa shape index (κ1) is 17.6. The Morgan fingerprint density at radius 3 is 2.85 bits per heavy atom. The number of rotatable bonds is 4. The summed E-state index contributed by atoms with van der Waals surface area (Å²) in [5, 5.41) is 1.60. The van der Waals surface area contributed by atoms with E-state index < -0.39 is 0 Å². The lowest BCUT2D eigenvalue weighted by Crippen LogP contribution is -2.23. The van der Waals surface area contributed by atoms with Gasteiger partial charge in [-0.2, -0.15) is 0 Å². The summed E-state index contributed by atoms with van der Waals surface area (Å²) in [4.78, 5) is 20.8. The zero-order valence-electron chi connectivity index (χ0n) is 15.2. The Morgan fingerprint density at radius 2 is 2.08 bits per heavy atom. The van der Waals surface area contributed by atoms with Crippen molar-refractivity contribution in [1.29, 1.82) is 0 Å². The van der Waals surface area contributed by atoms with Gasteiger partial charge < -0.3 is 0 Å². The fraction of sp³-hybridized carbons (Fsp3) is 0.333. The van der Waals surface area contributed by atoms with Crippen LogP contribution in [0.1, 0.15) is 35.8 Å². The van der Waals surface area contributed by atoms with Gasteiger partial charge in [0.25, 0.3) is 5.56 Å². The number of thioether (sulfide) groups is 1. The average Bonchev–Trinajstić information content (AvgIpc) is 2.99. The van der Waals surface area contributed by atoms with Gasteiger partial charge in [-0.25, -0.2) is 4.98 Å². The fourth-order valence-electron chi connectivity index (χ4n) is 3.50. The first-order valence-electron chi connectivity index (χ1n) is 8.96. The van der Waals surface area contributed by atoms with Crippen LogP contribution >= 0.6 is 23.1 Å². The summed E-state index contributed by atoms with van der Waals surface area (Å²) >= 11 is 3.30. The van der Waals surface area contributed by atoms with Crippen LogP contribution in [0.15, 0.2) is 46.4 Å². The number of aryl methyl sites for hydroxylation is 3. The Balaban J connectivity index is 2.01. The lowest BCUT2D eigenvalue weighted by Gasteiger charge is -2.15. The monoisotopic (exact) mass is 382 g/mol. The number of benzene rings is 1. The lowest BCUT2D eigenvalue weighted by atomic mass is 9.97. The van der Waals surface area contributed by atoms with Crippen LogP contribution in [-0.2, 0) is 12.8 Å². The van der Waals surface area contributed by atoms with E-state index in [0.29, 0.717) is 0 Å². The van der Waals surface area contributed by atoms with Crippen molar-refractivity contribution in [3.63, 3.8) is 0 Å². The molecule has 0 unspecified atom stereocenters. The maximum atomic E-state index is 13.6. The van der Waals surface area contributed by atoms with Gasteiger partial charge in [-0.05, 0) is 56.7 Å². The number of hydrogen-bond donors (Lipinski definition) is 0. The van der Waals surface area contributed by atoms with Crippen LogP contribution < -0.4 is 5.56 Å². The van der Waals surface area contributed by atoms with Crippen molar-refractivity contribution in [3.05, 3.63) is 62.8 Å². The first-order valence-corrected chi connectivity index (χ1v) is 10.8. The summed E-state index contributed by atoms with van der Waals surface area (Å²) in [6, 6.07) is 8.04. The topological polar surface area (TPSA) is 34.9 Å². The summed E-state index contributed by atoms with van der Waals surface area (Å²) in [5.74, 6) is 0.759. The van der Waals surface area contributed by atoms with Crippen molar-refractivity contribution in [2.45, 2.75) is 44.7 Å². The van der Waals surface area contributed by atoms with E-state index in [1.54, 1.807) is 23.1 Å². The minimum absolute atomic E-state index is 0.0768. The highest BCUT2D eigenvalue weighted by atomic mass is 32.2. The zero-order valence-corrected chi connectivity index (χ0v) is 16.8. The molecule has 1 aromatic carbocycles. The van der Waals surface area contributed by atoms with Crippen molar-refractivity contribution in [2.75, 3.05) is 5.75 Å². The standard InChI is InChI=1S/C21H22N2OS2/c1-13(2)12-25-21-22-19-18(15-9-5-7-11-17(15)26-19)20(24)23(21)16-10-6-4-8-14(16)3/h4,6,8,10H,1,5,7,9,11-12H2,2-3H3. The molecule has 5 heteroatoms. The predicted molar refractivity (Wildman–Crippen MR) is 112 cm³/mol. The van der Waals surface area contributed by atoms with Crippen molar-refractivity contribution >= 4 is 33.3 Å². The second kappa shape index (κ2) is 7.05. The van der Waals surface area contributed by atoms with Crippen LogP contribution in [0.3, 0.4) is 0 Å². The van der Waals surface area contributed by atoms with E-state index in [2.05, 4.69) is 6.58 Å². The Kier molecular flexibility index (Phi) is 4.76. The smallest absolute Gasteiger partial charge is 0.267 e. The highest BCUT2D eigenvalue weighted by Gasteiger charge is 2.23. The van der Waals surface area contributed by atoms with E-state index in [4.69, 9.17) is 4.98 Å². The third-order valence-corrected chi connectivity index (χ3v) is 7.12. The molecule has 0 bridgehead atoms. The van der Waals surface area contributed by atoms with Crippen molar-refractivity contribution in [3.8, 4) is 5.69 Å². The molecule has 0 saturated carbocycles. The number of nitrogens with zero attached hydrogens (tertiary/aromatic N) is 2. The van der Waals surface area contributed by atoms with Gasteiger partial charge in [0.1, 0.15) is 4.83 Å². The Hall–Kier alpha value is -1.85.